The number of aromatic amines is 1. The van der Waals surface area contributed by atoms with Gasteiger partial charge in [0.2, 0.25) is 0 Å². The second-order valence-electron chi connectivity index (χ2n) is 4.25. The quantitative estimate of drug-likeness (QED) is 0.683. The molecule has 6 heteroatoms. The molecular weight excluding hydrogens is 286 g/mol. The molecule has 0 aliphatic rings. The molecule has 1 unspecified atom stereocenters. The summed E-state index contributed by atoms with van der Waals surface area (Å²) < 4.78 is 29.4. The molecule has 0 aliphatic carbocycles. The Balaban J connectivity index is 2.32. The van der Waals surface area contributed by atoms with E-state index in [0.29, 0.717) is 10.3 Å². The van der Waals surface area contributed by atoms with Gasteiger partial charge in [0.25, 0.3) is 0 Å². The van der Waals surface area contributed by atoms with Crippen LogP contribution in [0.3, 0.4) is 0 Å². The van der Waals surface area contributed by atoms with Gasteiger partial charge in [0.15, 0.2) is 16.4 Å². The van der Waals surface area contributed by atoms with Crippen LogP contribution in [0.15, 0.2) is 29.6 Å². The summed E-state index contributed by atoms with van der Waals surface area (Å²) in [4.78, 5) is 3.96. The largest absolute Gasteiger partial charge is 0.330 e. The topological polar surface area (TPSA) is 20.7 Å². The first-order chi connectivity index (χ1) is 9.09. The lowest BCUT2D eigenvalue weighted by Gasteiger charge is -2.13. The zero-order valence-corrected chi connectivity index (χ0v) is 11.6. The van der Waals surface area contributed by atoms with Crippen molar-refractivity contribution in [2.75, 3.05) is 0 Å². The zero-order valence-electron chi connectivity index (χ0n) is 9.98. The number of H-pyrrole nitrogens is 1. The van der Waals surface area contributed by atoms with E-state index in [1.165, 1.54) is 6.07 Å². The molecule has 3 rings (SSSR count). The Hall–Kier alpha value is -1.53. The van der Waals surface area contributed by atoms with Crippen molar-refractivity contribution in [2.45, 2.75) is 13.0 Å². The van der Waals surface area contributed by atoms with Gasteiger partial charge in [-0.15, -0.1) is 11.3 Å². The number of benzene rings is 1. The van der Waals surface area contributed by atoms with Gasteiger partial charge < -0.3 is 9.55 Å². The second-order valence-corrected chi connectivity index (χ2v) is 5.62. The molecule has 2 aromatic heterocycles. The second kappa shape index (κ2) is 4.54. The number of hydrogen-bond donors (Lipinski definition) is 1. The first kappa shape index (κ1) is 12.5. The van der Waals surface area contributed by atoms with Crippen molar-refractivity contribution in [3.63, 3.8) is 0 Å². The van der Waals surface area contributed by atoms with Gasteiger partial charge in [-0.05, 0) is 42.7 Å². The van der Waals surface area contributed by atoms with Crippen molar-refractivity contribution in [3.05, 3.63) is 50.9 Å². The van der Waals surface area contributed by atoms with Gasteiger partial charge in [-0.25, -0.2) is 8.78 Å². The fourth-order valence-electron chi connectivity index (χ4n) is 2.18. The normalized spacial score (nSPS) is 13.0. The summed E-state index contributed by atoms with van der Waals surface area (Å²) in [5.41, 5.74) is 0.693. The third kappa shape index (κ3) is 1.91. The van der Waals surface area contributed by atoms with Crippen LogP contribution in [-0.4, -0.2) is 9.55 Å². The summed E-state index contributed by atoms with van der Waals surface area (Å²) >= 11 is 6.79. The summed E-state index contributed by atoms with van der Waals surface area (Å²) in [6, 6.07) is 6.33. The van der Waals surface area contributed by atoms with E-state index in [4.69, 9.17) is 12.2 Å². The van der Waals surface area contributed by atoms with Gasteiger partial charge in [-0.1, -0.05) is 6.07 Å². The van der Waals surface area contributed by atoms with Crippen LogP contribution in [0, 0.1) is 16.4 Å². The molecule has 0 bridgehead atoms. The summed E-state index contributed by atoms with van der Waals surface area (Å²) in [5.74, 6) is -1.73. The van der Waals surface area contributed by atoms with Crippen LogP contribution in [0.5, 0.6) is 0 Å². The van der Waals surface area contributed by atoms with Gasteiger partial charge in [0.1, 0.15) is 5.52 Å². The molecule has 0 radical (unpaired) electrons. The highest BCUT2D eigenvalue weighted by Crippen LogP contribution is 2.29. The number of halogens is 2. The summed E-state index contributed by atoms with van der Waals surface area (Å²) in [6.45, 7) is 1.92. The van der Waals surface area contributed by atoms with Crippen molar-refractivity contribution in [1.82, 2.24) is 9.55 Å². The average Bonchev–Trinajstić information content (AvgIpc) is 3.00. The molecule has 98 valence electrons. The average molecular weight is 296 g/mol. The number of hydrogen-bond acceptors (Lipinski definition) is 2. The highest BCUT2D eigenvalue weighted by Gasteiger charge is 2.18. The molecule has 0 fully saturated rings. The Bertz CT molecular complexity index is 787. The first-order valence-electron chi connectivity index (χ1n) is 5.71. The smallest absolute Gasteiger partial charge is 0.184 e. The predicted molar refractivity (Wildman–Crippen MR) is 75.2 cm³/mol. The van der Waals surface area contributed by atoms with Crippen molar-refractivity contribution in [1.29, 1.82) is 0 Å². The van der Waals surface area contributed by atoms with Crippen molar-refractivity contribution >= 4 is 34.6 Å². The zero-order chi connectivity index (χ0) is 13.6. The lowest BCUT2D eigenvalue weighted by Crippen LogP contribution is -2.06. The Labute approximate surface area is 117 Å². The molecule has 2 nitrogen and oxygen atoms in total. The molecule has 0 spiro atoms. The van der Waals surface area contributed by atoms with Gasteiger partial charge in [-0.3, -0.25) is 0 Å². The van der Waals surface area contributed by atoms with Crippen LogP contribution in [0.2, 0.25) is 0 Å². The van der Waals surface area contributed by atoms with Crippen molar-refractivity contribution in [2.24, 2.45) is 0 Å². The molecule has 0 aliphatic heterocycles. The molecule has 2 heterocycles. The monoisotopic (exact) mass is 296 g/mol. The molecule has 3 aromatic rings. The van der Waals surface area contributed by atoms with Crippen LogP contribution < -0.4 is 0 Å². The number of fused-ring (bicyclic) bond motifs is 1. The fourth-order valence-corrected chi connectivity index (χ4v) is 3.31. The summed E-state index contributed by atoms with van der Waals surface area (Å²) in [5, 5.41) is 1.95. The minimum absolute atomic E-state index is 0.141. The fraction of sp³-hybridized carbons (Fsp3) is 0.154. The molecule has 0 saturated carbocycles. The molecule has 1 atom stereocenters. The minimum atomic E-state index is -0.867. The van der Waals surface area contributed by atoms with Gasteiger partial charge >= 0.3 is 0 Å². The first-order valence-corrected chi connectivity index (χ1v) is 7.00. The standard InChI is InChI=1S/C13H10F2N2S2/c1-7(10-3-2-6-19-10)17-12-9(16-13(17)18)5-4-8(14)11(12)15/h2-7H,1H3,(H,16,18). The van der Waals surface area contributed by atoms with Crippen molar-refractivity contribution in [3.8, 4) is 0 Å². The van der Waals surface area contributed by atoms with Crippen LogP contribution >= 0.6 is 23.6 Å². The van der Waals surface area contributed by atoms with E-state index < -0.39 is 11.6 Å². The molecule has 0 amide bonds. The number of nitrogens with zero attached hydrogens (tertiary/aromatic N) is 1. The molecule has 1 N–H and O–H groups in total. The van der Waals surface area contributed by atoms with E-state index in [0.717, 1.165) is 10.9 Å². The maximum absolute atomic E-state index is 14.0. The Morgan fingerprint density at radius 1 is 1.32 bits per heavy atom. The van der Waals surface area contributed by atoms with E-state index >= 15 is 0 Å². The summed E-state index contributed by atoms with van der Waals surface area (Å²) in [6.07, 6.45) is 0. The van der Waals surface area contributed by atoms with Gasteiger partial charge in [0, 0.05) is 4.88 Å². The van der Waals surface area contributed by atoms with Crippen molar-refractivity contribution < 1.29 is 8.78 Å². The van der Waals surface area contributed by atoms with Gasteiger partial charge in [-0.2, -0.15) is 0 Å². The Morgan fingerprint density at radius 3 is 2.79 bits per heavy atom. The van der Waals surface area contributed by atoms with Crippen LogP contribution in [0.1, 0.15) is 17.8 Å². The summed E-state index contributed by atoms with van der Waals surface area (Å²) in [7, 11) is 0. The van der Waals surface area contributed by atoms with E-state index in [1.54, 1.807) is 15.9 Å². The number of aromatic nitrogens is 2. The molecule has 1 aromatic carbocycles. The lowest BCUT2D eigenvalue weighted by atomic mass is 10.2. The van der Waals surface area contributed by atoms with E-state index in [9.17, 15) is 8.78 Å². The highest BCUT2D eigenvalue weighted by molar-refractivity contribution is 7.71. The van der Waals surface area contributed by atoms with E-state index in [1.807, 2.05) is 24.4 Å². The number of nitrogens with one attached hydrogen (secondary N) is 1. The maximum Gasteiger partial charge on any atom is 0.184 e. The number of thiophene rings is 1. The van der Waals surface area contributed by atoms with E-state index in [-0.39, 0.29) is 11.6 Å². The predicted octanol–water partition coefficient (Wildman–Crippen LogP) is 4.65. The third-order valence-corrected chi connectivity index (χ3v) is 4.45. The van der Waals surface area contributed by atoms with E-state index in [2.05, 4.69) is 4.98 Å². The molecule has 0 saturated heterocycles. The van der Waals surface area contributed by atoms with Crippen LogP contribution in [-0.2, 0) is 0 Å². The lowest BCUT2D eigenvalue weighted by molar-refractivity contribution is 0.509. The number of rotatable bonds is 2. The SMILES string of the molecule is CC(c1cccs1)n1c(=S)[nH]c2ccc(F)c(F)c21. The highest BCUT2D eigenvalue weighted by atomic mass is 32.1. The van der Waals surface area contributed by atoms with Gasteiger partial charge in [0.05, 0.1) is 11.6 Å². The number of imidazole rings is 1. The molecule has 19 heavy (non-hydrogen) atoms. The minimum Gasteiger partial charge on any atom is -0.330 e. The van der Waals surface area contributed by atoms with Crippen LogP contribution in [0.4, 0.5) is 8.78 Å². The maximum atomic E-state index is 14.0. The Kier molecular flexibility index (Phi) is 2.99. The Morgan fingerprint density at radius 2 is 2.11 bits per heavy atom. The molecular formula is C13H10F2N2S2. The third-order valence-electron chi connectivity index (χ3n) is 3.11. The van der Waals surface area contributed by atoms with Crippen LogP contribution in [0.25, 0.3) is 11.0 Å².